The molecule has 1 saturated carbocycles. The van der Waals surface area contributed by atoms with Crippen molar-refractivity contribution >= 4 is 0 Å². The molecule has 124 valence electrons. The summed E-state index contributed by atoms with van der Waals surface area (Å²) in [6, 6.07) is 0.587. The maximum Gasteiger partial charge on any atom is 0.0740 e. The Morgan fingerprint density at radius 1 is 1.14 bits per heavy atom. The zero-order chi connectivity index (χ0) is 15.5. The molecule has 0 amide bonds. The standard InChI is InChI=1S/C18H36N2O/c1-4-5-16-6-8-17(14-19,9-7-16)18(21)10-12-20(13-11-18)15(2)3/h15-16,21H,4-14,19H2,1-3H3. The summed E-state index contributed by atoms with van der Waals surface area (Å²) in [5.41, 5.74) is 5.66. The summed E-state index contributed by atoms with van der Waals surface area (Å²) in [5, 5.41) is 11.4. The third kappa shape index (κ3) is 3.46. The SMILES string of the molecule is CCCC1CCC(CN)(C2(O)CCN(C(C)C)CC2)CC1. The fourth-order valence-corrected chi connectivity index (χ4v) is 4.73. The van der Waals surface area contributed by atoms with Gasteiger partial charge in [0.05, 0.1) is 5.60 Å². The maximum atomic E-state index is 11.4. The van der Waals surface area contributed by atoms with Gasteiger partial charge in [0.2, 0.25) is 0 Å². The number of nitrogens with zero attached hydrogens (tertiary/aromatic N) is 1. The first-order chi connectivity index (χ1) is 9.96. The van der Waals surface area contributed by atoms with Crippen LogP contribution < -0.4 is 5.73 Å². The molecule has 0 aromatic heterocycles. The minimum absolute atomic E-state index is 0.0136. The lowest BCUT2D eigenvalue weighted by Crippen LogP contribution is -2.59. The molecule has 0 aromatic rings. The minimum Gasteiger partial charge on any atom is -0.389 e. The lowest BCUT2D eigenvalue weighted by atomic mass is 9.58. The zero-order valence-corrected chi connectivity index (χ0v) is 14.4. The summed E-state index contributed by atoms with van der Waals surface area (Å²) >= 11 is 0. The number of hydrogen-bond donors (Lipinski definition) is 2. The van der Waals surface area contributed by atoms with Crippen LogP contribution in [0.2, 0.25) is 0 Å². The van der Waals surface area contributed by atoms with Crippen LogP contribution >= 0.6 is 0 Å². The van der Waals surface area contributed by atoms with Gasteiger partial charge in [-0.3, -0.25) is 0 Å². The van der Waals surface area contributed by atoms with Crippen LogP contribution in [0.3, 0.4) is 0 Å². The topological polar surface area (TPSA) is 49.5 Å². The molecule has 3 N–H and O–H groups in total. The predicted octanol–water partition coefficient (Wildman–Crippen LogP) is 3.16. The summed E-state index contributed by atoms with van der Waals surface area (Å²) in [6.45, 7) is 9.48. The van der Waals surface area contributed by atoms with Crippen LogP contribution in [-0.4, -0.2) is 41.3 Å². The quantitative estimate of drug-likeness (QED) is 0.819. The molecular formula is C18H36N2O. The Balaban J connectivity index is 2.01. The fourth-order valence-electron chi connectivity index (χ4n) is 4.73. The van der Waals surface area contributed by atoms with Crippen molar-refractivity contribution in [3.8, 4) is 0 Å². The third-order valence-electron chi connectivity index (χ3n) is 6.49. The predicted molar refractivity (Wildman–Crippen MR) is 89.2 cm³/mol. The second-order valence-corrected chi connectivity index (χ2v) is 7.88. The van der Waals surface area contributed by atoms with Gasteiger partial charge in [-0.2, -0.15) is 0 Å². The van der Waals surface area contributed by atoms with E-state index in [9.17, 15) is 5.11 Å². The van der Waals surface area contributed by atoms with E-state index in [1.54, 1.807) is 0 Å². The maximum absolute atomic E-state index is 11.4. The molecule has 2 fully saturated rings. The number of rotatable bonds is 5. The van der Waals surface area contributed by atoms with E-state index in [2.05, 4.69) is 25.7 Å². The lowest BCUT2D eigenvalue weighted by Gasteiger charge is -2.54. The molecule has 0 atom stereocenters. The van der Waals surface area contributed by atoms with Crippen LogP contribution in [0.15, 0.2) is 0 Å². The molecule has 2 rings (SSSR count). The highest BCUT2D eigenvalue weighted by atomic mass is 16.3. The number of nitrogens with two attached hydrogens (primary N) is 1. The summed E-state index contributed by atoms with van der Waals surface area (Å²) in [6.07, 6.45) is 9.23. The van der Waals surface area contributed by atoms with Gasteiger partial charge in [-0.15, -0.1) is 0 Å². The molecular weight excluding hydrogens is 260 g/mol. The highest BCUT2D eigenvalue weighted by Crippen LogP contribution is 2.50. The first kappa shape index (κ1) is 17.2. The molecule has 1 aliphatic heterocycles. The molecule has 0 radical (unpaired) electrons. The Hall–Kier alpha value is -0.120. The molecule has 0 unspecified atom stereocenters. The smallest absolute Gasteiger partial charge is 0.0740 e. The van der Waals surface area contributed by atoms with Crippen LogP contribution in [-0.2, 0) is 0 Å². The number of hydrogen-bond acceptors (Lipinski definition) is 3. The van der Waals surface area contributed by atoms with Crippen molar-refractivity contribution in [2.45, 2.75) is 83.8 Å². The van der Waals surface area contributed by atoms with Gasteiger partial charge in [-0.1, -0.05) is 19.8 Å². The van der Waals surface area contributed by atoms with Crippen molar-refractivity contribution in [3.05, 3.63) is 0 Å². The third-order valence-corrected chi connectivity index (χ3v) is 6.49. The van der Waals surface area contributed by atoms with Crippen LogP contribution in [0.25, 0.3) is 0 Å². The molecule has 0 aromatic carbocycles. The van der Waals surface area contributed by atoms with Gasteiger partial charge in [0.1, 0.15) is 0 Å². The highest BCUT2D eigenvalue weighted by Gasteiger charge is 2.51. The van der Waals surface area contributed by atoms with E-state index in [0.29, 0.717) is 12.6 Å². The summed E-state index contributed by atoms with van der Waals surface area (Å²) in [7, 11) is 0. The molecule has 0 spiro atoms. The summed E-state index contributed by atoms with van der Waals surface area (Å²) in [4.78, 5) is 2.49. The lowest BCUT2D eigenvalue weighted by molar-refractivity contribution is -0.139. The Morgan fingerprint density at radius 3 is 2.14 bits per heavy atom. The van der Waals surface area contributed by atoms with Gasteiger partial charge >= 0.3 is 0 Å². The van der Waals surface area contributed by atoms with Crippen LogP contribution in [0.4, 0.5) is 0 Å². The molecule has 0 bridgehead atoms. The van der Waals surface area contributed by atoms with Crippen molar-refractivity contribution in [1.29, 1.82) is 0 Å². The van der Waals surface area contributed by atoms with Crippen LogP contribution in [0.5, 0.6) is 0 Å². The van der Waals surface area contributed by atoms with Gasteiger partial charge in [-0.25, -0.2) is 0 Å². The summed E-state index contributed by atoms with van der Waals surface area (Å²) in [5.74, 6) is 0.869. The van der Waals surface area contributed by atoms with Crippen LogP contribution in [0, 0.1) is 11.3 Å². The molecule has 1 heterocycles. The first-order valence-corrected chi connectivity index (χ1v) is 9.13. The Kier molecular flexibility index (Phi) is 5.72. The summed E-state index contributed by atoms with van der Waals surface area (Å²) < 4.78 is 0. The molecule has 3 nitrogen and oxygen atoms in total. The van der Waals surface area contributed by atoms with Gasteiger partial charge in [0.25, 0.3) is 0 Å². The van der Waals surface area contributed by atoms with Crippen molar-refractivity contribution in [1.82, 2.24) is 4.90 Å². The van der Waals surface area contributed by atoms with E-state index in [0.717, 1.165) is 44.7 Å². The average molecular weight is 296 g/mol. The van der Waals surface area contributed by atoms with Gasteiger partial charge in [0, 0.05) is 31.1 Å². The molecule has 1 saturated heterocycles. The Bertz CT molecular complexity index is 313. The van der Waals surface area contributed by atoms with Crippen LogP contribution in [0.1, 0.15) is 72.1 Å². The second-order valence-electron chi connectivity index (χ2n) is 7.88. The Labute approximate surface area is 131 Å². The van der Waals surface area contributed by atoms with Crippen molar-refractivity contribution in [2.75, 3.05) is 19.6 Å². The Morgan fingerprint density at radius 2 is 1.71 bits per heavy atom. The number of aliphatic hydroxyl groups is 1. The largest absolute Gasteiger partial charge is 0.389 e. The van der Waals surface area contributed by atoms with Gasteiger partial charge in [0.15, 0.2) is 0 Å². The normalized spacial score (nSPS) is 34.3. The van der Waals surface area contributed by atoms with Gasteiger partial charge in [-0.05, 0) is 58.3 Å². The van der Waals surface area contributed by atoms with Gasteiger partial charge < -0.3 is 15.7 Å². The average Bonchev–Trinajstić information content (AvgIpc) is 2.49. The van der Waals surface area contributed by atoms with E-state index in [1.165, 1.54) is 25.7 Å². The monoisotopic (exact) mass is 296 g/mol. The number of piperidine rings is 1. The first-order valence-electron chi connectivity index (χ1n) is 9.13. The van der Waals surface area contributed by atoms with E-state index < -0.39 is 5.60 Å². The fraction of sp³-hybridized carbons (Fsp3) is 1.00. The second kappa shape index (κ2) is 6.97. The number of likely N-dealkylation sites (tertiary alicyclic amines) is 1. The molecule has 2 aliphatic rings. The van der Waals surface area contributed by atoms with E-state index in [-0.39, 0.29) is 5.41 Å². The molecule has 1 aliphatic carbocycles. The van der Waals surface area contributed by atoms with E-state index in [4.69, 9.17) is 5.73 Å². The van der Waals surface area contributed by atoms with Crippen molar-refractivity contribution in [2.24, 2.45) is 17.1 Å². The zero-order valence-electron chi connectivity index (χ0n) is 14.4. The van der Waals surface area contributed by atoms with Crippen molar-refractivity contribution < 1.29 is 5.11 Å². The van der Waals surface area contributed by atoms with E-state index in [1.807, 2.05) is 0 Å². The molecule has 21 heavy (non-hydrogen) atoms. The molecule has 3 heteroatoms. The van der Waals surface area contributed by atoms with E-state index >= 15 is 0 Å². The highest BCUT2D eigenvalue weighted by molar-refractivity contribution is 5.04. The van der Waals surface area contributed by atoms with Crippen molar-refractivity contribution in [3.63, 3.8) is 0 Å². The minimum atomic E-state index is -0.523.